The van der Waals surface area contributed by atoms with Crippen LogP contribution in [0.4, 0.5) is 4.79 Å². The number of piperidine rings is 1. The van der Waals surface area contributed by atoms with Crippen molar-refractivity contribution < 1.29 is 14.7 Å². The number of ketones is 1. The minimum absolute atomic E-state index is 0.0179. The van der Waals surface area contributed by atoms with Crippen LogP contribution < -0.4 is 0 Å². The van der Waals surface area contributed by atoms with Crippen LogP contribution in [0, 0.1) is 12.8 Å². The van der Waals surface area contributed by atoms with E-state index < -0.39 is 6.09 Å². The molecule has 5 heteroatoms. The van der Waals surface area contributed by atoms with Gasteiger partial charge in [-0.25, -0.2) is 4.79 Å². The van der Waals surface area contributed by atoms with Gasteiger partial charge in [-0.1, -0.05) is 52.3 Å². The summed E-state index contributed by atoms with van der Waals surface area (Å²) in [5.41, 5.74) is 3.49. The van der Waals surface area contributed by atoms with Gasteiger partial charge in [0.15, 0.2) is 0 Å². The van der Waals surface area contributed by atoms with E-state index in [9.17, 15) is 9.59 Å². The van der Waals surface area contributed by atoms with Crippen LogP contribution in [0.3, 0.4) is 0 Å². The maximum Gasteiger partial charge on any atom is 0.407 e. The van der Waals surface area contributed by atoms with Crippen LogP contribution in [0.1, 0.15) is 41.9 Å². The molecule has 27 heavy (non-hydrogen) atoms. The molecule has 0 radical (unpaired) electrons. The molecule has 1 aliphatic heterocycles. The quantitative estimate of drug-likeness (QED) is 0.706. The lowest BCUT2D eigenvalue weighted by Gasteiger charge is -2.30. The van der Waals surface area contributed by atoms with Gasteiger partial charge < -0.3 is 10.0 Å². The maximum atomic E-state index is 13.0. The van der Waals surface area contributed by atoms with Crippen molar-refractivity contribution in [1.29, 1.82) is 0 Å². The Balaban J connectivity index is 1.80. The molecular weight excluding hydrogens is 406 g/mol. The van der Waals surface area contributed by atoms with Crippen LogP contribution in [0.15, 0.2) is 53.0 Å². The minimum atomic E-state index is -0.895. The number of Topliss-reactive ketones (excluding diaryl/α,β-unsaturated/α-hetero) is 1. The largest absolute Gasteiger partial charge is 0.465 e. The van der Waals surface area contributed by atoms with Crippen LogP contribution in [0.5, 0.6) is 0 Å². The molecule has 3 rings (SSSR count). The maximum absolute atomic E-state index is 13.0. The third-order valence-corrected chi connectivity index (χ3v) is 5.99. The van der Waals surface area contributed by atoms with E-state index in [1.54, 1.807) is 0 Å². The first kappa shape index (κ1) is 19.6. The molecule has 1 atom stereocenters. The summed E-state index contributed by atoms with van der Waals surface area (Å²) >= 11 is 3.48. The van der Waals surface area contributed by atoms with Gasteiger partial charge in [0, 0.05) is 35.8 Å². The fraction of sp³-hybridized carbons (Fsp3) is 0.364. The third kappa shape index (κ3) is 4.78. The molecule has 0 aromatic heterocycles. The normalized spacial score (nSPS) is 16.1. The number of carboxylic acid groups (broad SMARTS) is 1. The van der Waals surface area contributed by atoms with Crippen LogP contribution in [-0.4, -0.2) is 35.0 Å². The Morgan fingerprint density at radius 2 is 1.74 bits per heavy atom. The number of rotatable bonds is 5. The Kier molecular flexibility index (Phi) is 6.32. The van der Waals surface area contributed by atoms with Gasteiger partial charge in [0.2, 0.25) is 0 Å². The molecule has 4 nitrogen and oxygen atoms in total. The van der Waals surface area contributed by atoms with Gasteiger partial charge in [0.05, 0.1) is 0 Å². The first-order valence-electron chi connectivity index (χ1n) is 9.27. The molecule has 0 bridgehead atoms. The fourth-order valence-corrected chi connectivity index (χ4v) is 4.11. The summed E-state index contributed by atoms with van der Waals surface area (Å²) in [5.74, 6) is 0.197. The lowest BCUT2D eigenvalue weighted by molar-refractivity contribution is -0.124. The summed E-state index contributed by atoms with van der Waals surface area (Å²) in [4.78, 5) is 25.5. The number of likely N-dealkylation sites (tertiary alicyclic amines) is 1. The Hall–Kier alpha value is -2.14. The van der Waals surface area contributed by atoms with E-state index in [-0.39, 0.29) is 17.6 Å². The highest BCUT2D eigenvalue weighted by Crippen LogP contribution is 2.33. The van der Waals surface area contributed by atoms with Gasteiger partial charge in [-0.05, 0) is 48.6 Å². The number of carbonyl (C=O) groups excluding carboxylic acids is 1. The Bertz CT molecular complexity index is 811. The highest BCUT2D eigenvalue weighted by Gasteiger charge is 2.29. The zero-order valence-corrected chi connectivity index (χ0v) is 17.0. The molecule has 1 N–H and O–H groups in total. The minimum Gasteiger partial charge on any atom is -0.465 e. The summed E-state index contributed by atoms with van der Waals surface area (Å²) in [6, 6.07) is 16.4. The predicted octanol–water partition coefficient (Wildman–Crippen LogP) is 5.24. The summed E-state index contributed by atoms with van der Waals surface area (Å²) in [6.45, 7) is 2.97. The van der Waals surface area contributed by atoms with Gasteiger partial charge in [-0.3, -0.25) is 4.79 Å². The van der Waals surface area contributed by atoms with Crippen molar-refractivity contribution in [3.8, 4) is 0 Å². The van der Waals surface area contributed by atoms with E-state index in [1.165, 1.54) is 16.0 Å². The molecule has 0 aliphatic carbocycles. The molecule has 142 valence electrons. The monoisotopic (exact) mass is 429 g/mol. The molecule has 0 spiro atoms. The second kappa shape index (κ2) is 8.70. The highest BCUT2D eigenvalue weighted by atomic mass is 79.9. The van der Waals surface area contributed by atoms with Crippen LogP contribution in [0.2, 0.25) is 0 Å². The second-order valence-corrected chi connectivity index (χ2v) is 8.09. The number of hydrogen-bond donors (Lipinski definition) is 1. The van der Waals surface area contributed by atoms with Crippen LogP contribution in [0.25, 0.3) is 0 Å². The Morgan fingerprint density at radius 1 is 1.11 bits per heavy atom. The SMILES string of the molecule is Cc1ccccc1C(CC(=O)C1CCN(C(=O)O)CC1)c1ccc(Br)cc1. The van der Waals surface area contributed by atoms with E-state index in [1.807, 2.05) is 24.3 Å². The molecule has 0 saturated carbocycles. The predicted molar refractivity (Wildman–Crippen MR) is 109 cm³/mol. The Morgan fingerprint density at radius 3 is 2.33 bits per heavy atom. The molecule has 1 unspecified atom stereocenters. The van der Waals surface area contributed by atoms with Gasteiger partial charge >= 0.3 is 6.09 Å². The number of carbonyl (C=O) groups is 2. The number of hydrogen-bond acceptors (Lipinski definition) is 2. The first-order chi connectivity index (χ1) is 13.0. The van der Waals surface area contributed by atoms with Gasteiger partial charge in [0.25, 0.3) is 0 Å². The van der Waals surface area contributed by atoms with Gasteiger partial charge in [-0.15, -0.1) is 0 Å². The van der Waals surface area contributed by atoms with Crippen molar-refractivity contribution in [2.45, 2.75) is 32.1 Å². The first-order valence-corrected chi connectivity index (χ1v) is 10.1. The summed E-state index contributed by atoms with van der Waals surface area (Å²) in [5, 5.41) is 9.10. The van der Waals surface area contributed by atoms with Crippen molar-refractivity contribution >= 4 is 27.8 Å². The van der Waals surface area contributed by atoms with E-state index in [0.29, 0.717) is 32.4 Å². The molecule has 1 fully saturated rings. The number of benzene rings is 2. The molecule has 1 aliphatic rings. The molecule has 1 amide bonds. The van der Waals surface area contributed by atoms with E-state index in [4.69, 9.17) is 5.11 Å². The number of halogens is 1. The topological polar surface area (TPSA) is 57.6 Å². The number of aryl methyl sites for hydroxylation is 1. The standard InChI is InChI=1S/C22H24BrNO3/c1-15-4-2-3-5-19(15)20(16-6-8-18(23)9-7-16)14-21(25)17-10-12-24(13-11-17)22(26)27/h2-9,17,20H,10-14H2,1H3,(H,26,27). The zero-order valence-electron chi connectivity index (χ0n) is 15.4. The Labute approximate surface area is 168 Å². The lowest BCUT2D eigenvalue weighted by atomic mass is 9.81. The zero-order chi connectivity index (χ0) is 19.4. The van der Waals surface area contributed by atoms with E-state index >= 15 is 0 Å². The average molecular weight is 430 g/mol. The van der Waals surface area contributed by atoms with Crippen molar-refractivity contribution in [2.24, 2.45) is 5.92 Å². The third-order valence-electron chi connectivity index (χ3n) is 5.46. The molecule has 2 aromatic carbocycles. The van der Waals surface area contributed by atoms with E-state index in [2.05, 4.69) is 47.1 Å². The molecule has 2 aromatic rings. The van der Waals surface area contributed by atoms with Gasteiger partial charge in [-0.2, -0.15) is 0 Å². The summed E-state index contributed by atoms with van der Waals surface area (Å²) in [6.07, 6.45) is 0.788. The fourth-order valence-electron chi connectivity index (χ4n) is 3.84. The summed E-state index contributed by atoms with van der Waals surface area (Å²) in [7, 11) is 0. The molecular formula is C22H24BrNO3. The summed E-state index contributed by atoms with van der Waals surface area (Å²) < 4.78 is 1.02. The molecule has 1 saturated heterocycles. The number of nitrogens with zero attached hydrogens (tertiary/aromatic N) is 1. The van der Waals surface area contributed by atoms with Crippen molar-refractivity contribution in [3.63, 3.8) is 0 Å². The smallest absolute Gasteiger partial charge is 0.407 e. The number of amides is 1. The van der Waals surface area contributed by atoms with E-state index in [0.717, 1.165) is 10.0 Å². The van der Waals surface area contributed by atoms with Crippen LogP contribution >= 0.6 is 15.9 Å². The lowest BCUT2D eigenvalue weighted by Crippen LogP contribution is -2.39. The van der Waals surface area contributed by atoms with Crippen molar-refractivity contribution in [3.05, 3.63) is 69.7 Å². The van der Waals surface area contributed by atoms with Crippen molar-refractivity contribution in [1.82, 2.24) is 4.90 Å². The second-order valence-electron chi connectivity index (χ2n) is 7.18. The average Bonchev–Trinajstić information content (AvgIpc) is 2.67. The van der Waals surface area contributed by atoms with Gasteiger partial charge in [0.1, 0.15) is 5.78 Å². The van der Waals surface area contributed by atoms with Crippen molar-refractivity contribution in [2.75, 3.05) is 13.1 Å². The highest BCUT2D eigenvalue weighted by molar-refractivity contribution is 9.10. The van der Waals surface area contributed by atoms with Crippen LogP contribution in [-0.2, 0) is 4.79 Å². The molecule has 1 heterocycles.